The van der Waals surface area contributed by atoms with Crippen LogP contribution in [0.2, 0.25) is 0 Å². The third-order valence-electron chi connectivity index (χ3n) is 4.07. The van der Waals surface area contributed by atoms with Gasteiger partial charge in [-0.1, -0.05) is 13.3 Å². The topological polar surface area (TPSA) is 57.4 Å². The first-order valence-electron chi connectivity index (χ1n) is 6.87. The highest BCUT2D eigenvalue weighted by molar-refractivity contribution is 6.62. The Bertz CT molecular complexity index is 459. The summed E-state index contributed by atoms with van der Waals surface area (Å²) in [5, 5.41) is 0. The molecule has 5 heteroatoms. The van der Waals surface area contributed by atoms with Crippen molar-refractivity contribution in [2.75, 3.05) is 5.73 Å². The van der Waals surface area contributed by atoms with Crippen LogP contribution in [0.5, 0.6) is 0 Å². The lowest BCUT2D eigenvalue weighted by atomic mass is 9.75. The molecule has 0 bridgehead atoms. The molecule has 1 saturated heterocycles. The number of pyridine rings is 1. The molecular formula is C14H23BN2O2. The third-order valence-corrected chi connectivity index (χ3v) is 4.07. The molecule has 0 atom stereocenters. The Kier molecular flexibility index (Phi) is 3.62. The van der Waals surface area contributed by atoms with Crippen molar-refractivity contribution in [2.45, 2.75) is 58.7 Å². The van der Waals surface area contributed by atoms with Crippen molar-refractivity contribution >= 4 is 18.4 Å². The Hall–Kier alpha value is -1.07. The Morgan fingerprint density at radius 1 is 1.21 bits per heavy atom. The summed E-state index contributed by atoms with van der Waals surface area (Å²) in [5.41, 5.74) is 7.29. The second kappa shape index (κ2) is 4.80. The van der Waals surface area contributed by atoms with E-state index in [2.05, 4.69) is 39.6 Å². The van der Waals surface area contributed by atoms with E-state index in [1.54, 1.807) is 0 Å². The summed E-state index contributed by atoms with van der Waals surface area (Å²) in [6.07, 6.45) is 3.84. The second-order valence-corrected chi connectivity index (χ2v) is 6.15. The van der Waals surface area contributed by atoms with Gasteiger partial charge >= 0.3 is 7.12 Å². The van der Waals surface area contributed by atoms with Crippen LogP contribution in [0.1, 0.15) is 46.6 Å². The molecular weight excluding hydrogens is 239 g/mol. The summed E-state index contributed by atoms with van der Waals surface area (Å²) in [7, 11) is -0.364. The van der Waals surface area contributed by atoms with E-state index in [-0.39, 0.29) is 18.3 Å². The highest BCUT2D eigenvalue weighted by atomic mass is 16.7. The van der Waals surface area contributed by atoms with E-state index in [0.29, 0.717) is 5.82 Å². The minimum absolute atomic E-state index is 0.334. The molecule has 104 valence electrons. The van der Waals surface area contributed by atoms with Crippen molar-refractivity contribution in [1.29, 1.82) is 0 Å². The molecule has 0 aromatic carbocycles. The van der Waals surface area contributed by atoms with Gasteiger partial charge in [0, 0.05) is 6.20 Å². The standard InChI is InChI=1S/C14H23BN2O2/c1-6-7-10-9-17-12(16)8-11(10)15-18-13(2,3)14(4,5)19-15/h8-9H,6-7H2,1-5H3,(H2,16,17). The van der Waals surface area contributed by atoms with Gasteiger partial charge in [0.05, 0.1) is 11.2 Å². The smallest absolute Gasteiger partial charge is 0.399 e. The molecule has 2 N–H and O–H groups in total. The number of rotatable bonds is 3. The molecule has 0 spiro atoms. The molecule has 0 amide bonds. The maximum absolute atomic E-state index is 6.09. The molecule has 19 heavy (non-hydrogen) atoms. The van der Waals surface area contributed by atoms with Crippen molar-refractivity contribution in [2.24, 2.45) is 0 Å². The molecule has 0 radical (unpaired) electrons. The molecule has 2 heterocycles. The van der Waals surface area contributed by atoms with Crippen LogP contribution in [-0.2, 0) is 15.7 Å². The van der Waals surface area contributed by atoms with Crippen LogP contribution in [0.25, 0.3) is 0 Å². The molecule has 1 aromatic heterocycles. The van der Waals surface area contributed by atoms with Crippen molar-refractivity contribution < 1.29 is 9.31 Å². The first-order chi connectivity index (χ1) is 8.77. The first kappa shape index (κ1) is 14.3. The molecule has 0 aliphatic carbocycles. The van der Waals surface area contributed by atoms with Crippen molar-refractivity contribution in [3.8, 4) is 0 Å². The van der Waals surface area contributed by atoms with Crippen molar-refractivity contribution in [3.05, 3.63) is 17.8 Å². The van der Waals surface area contributed by atoms with Gasteiger partial charge in [-0.15, -0.1) is 0 Å². The Balaban J connectivity index is 2.35. The zero-order valence-corrected chi connectivity index (χ0v) is 12.5. The zero-order valence-electron chi connectivity index (χ0n) is 12.5. The first-order valence-corrected chi connectivity index (χ1v) is 6.87. The van der Waals surface area contributed by atoms with Gasteiger partial charge in [-0.05, 0) is 51.2 Å². The maximum Gasteiger partial charge on any atom is 0.495 e. The summed E-state index contributed by atoms with van der Waals surface area (Å²) in [5.74, 6) is 0.504. The predicted molar refractivity (Wildman–Crippen MR) is 78.4 cm³/mol. The number of anilines is 1. The lowest BCUT2D eigenvalue weighted by Crippen LogP contribution is -2.41. The minimum Gasteiger partial charge on any atom is -0.399 e. The summed E-state index contributed by atoms with van der Waals surface area (Å²) in [6.45, 7) is 10.4. The van der Waals surface area contributed by atoms with Gasteiger partial charge < -0.3 is 15.0 Å². The Morgan fingerprint density at radius 3 is 2.32 bits per heavy atom. The van der Waals surface area contributed by atoms with E-state index in [9.17, 15) is 0 Å². The fourth-order valence-corrected chi connectivity index (χ4v) is 2.18. The van der Waals surface area contributed by atoms with Gasteiger partial charge in [-0.3, -0.25) is 0 Å². The Morgan fingerprint density at radius 2 is 1.79 bits per heavy atom. The fourth-order valence-electron chi connectivity index (χ4n) is 2.18. The van der Waals surface area contributed by atoms with Gasteiger partial charge in [0.25, 0.3) is 0 Å². The van der Waals surface area contributed by atoms with Crippen molar-refractivity contribution in [1.82, 2.24) is 4.98 Å². The normalized spacial score (nSPS) is 20.8. The minimum atomic E-state index is -0.364. The quantitative estimate of drug-likeness (QED) is 0.845. The van der Waals surface area contributed by atoms with E-state index in [1.807, 2.05) is 12.3 Å². The van der Waals surface area contributed by atoms with Crippen LogP contribution in [0, 0.1) is 0 Å². The summed E-state index contributed by atoms with van der Waals surface area (Å²) < 4.78 is 12.2. The van der Waals surface area contributed by atoms with E-state index in [1.165, 1.54) is 0 Å². The molecule has 1 fully saturated rings. The van der Waals surface area contributed by atoms with Gasteiger partial charge in [-0.25, -0.2) is 4.98 Å². The number of aromatic nitrogens is 1. The number of hydrogen-bond acceptors (Lipinski definition) is 4. The second-order valence-electron chi connectivity index (χ2n) is 6.15. The van der Waals surface area contributed by atoms with Gasteiger partial charge in [0.1, 0.15) is 5.82 Å². The van der Waals surface area contributed by atoms with Crippen molar-refractivity contribution in [3.63, 3.8) is 0 Å². The average Bonchev–Trinajstić information content (AvgIpc) is 2.51. The fraction of sp³-hybridized carbons (Fsp3) is 0.643. The molecule has 1 aromatic rings. The van der Waals surface area contributed by atoms with E-state index < -0.39 is 0 Å². The number of nitrogen functional groups attached to an aromatic ring is 1. The van der Waals surface area contributed by atoms with Crippen LogP contribution >= 0.6 is 0 Å². The summed E-state index contributed by atoms with van der Waals surface area (Å²) in [6, 6.07) is 1.87. The predicted octanol–water partition coefficient (Wildman–Crippen LogP) is 1.92. The third kappa shape index (κ3) is 2.62. The highest BCUT2D eigenvalue weighted by Crippen LogP contribution is 2.36. The van der Waals surface area contributed by atoms with Gasteiger partial charge in [0.15, 0.2) is 0 Å². The lowest BCUT2D eigenvalue weighted by Gasteiger charge is -2.32. The highest BCUT2D eigenvalue weighted by Gasteiger charge is 2.52. The average molecular weight is 262 g/mol. The molecule has 2 rings (SSSR count). The zero-order chi connectivity index (χ0) is 14.3. The molecule has 1 aliphatic rings. The molecule has 4 nitrogen and oxygen atoms in total. The van der Waals surface area contributed by atoms with Crippen LogP contribution in [0.4, 0.5) is 5.82 Å². The maximum atomic E-state index is 6.09. The van der Waals surface area contributed by atoms with E-state index >= 15 is 0 Å². The molecule has 0 saturated carbocycles. The van der Waals surface area contributed by atoms with Gasteiger partial charge in [-0.2, -0.15) is 0 Å². The van der Waals surface area contributed by atoms with Crippen LogP contribution in [-0.4, -0.2) is 23.3 Å². The largest absolute Gasteiger partial charge is 0.495 e. The van der Waals surface area contributed by atoms with E-state index in [4.69, 9.17) is 15.0 Å². The lowest BCUT2D eigenvalue weighted by molar-refractivity contribution is 0.00578. The monoisotopic (exact) mass is 262 g/mol. The van der Waals surface area contributed by atoms with Crippen LogP contribution < -0.4 is 11.2 Å². The summed E-state index contributed by atoms with van der Waals surface area (Å²) >= 11 is 0. The Labute approximate surface area is 115 Å². The number of nitrogens with two attached hydrogens (primary N) is 1. The van der Waals surface area contributed by atoms with Crippen LogP contribution in [0.15, 0.2) is 12.3 Å². The number of aryl methyl sites for hydroxylation is 1. The van der Waals surface area contributed by atoms with Crippen LogP contribution in [0.3, 0.4) is 0 Å². The van der Waals surface area contributed by atoms with Gasteiger partial charge in [0.2, 0.25) is 0 Å². The van der Waals surface area contributed by atoms with E-state index in [0.717, 1.165) is 23.9 Å². The molecule has 1 aliphatic heterocycles. The molecule has 0 unspecified atom stereocenters. The number of nitrogens with zero attached hydrogens (tertiary/aromatic N) is 1. The SMILES string of the molecule is CCCc1cnc(N)cc1B1OC(C)(C)C(C)(C)O1. The number of hydrogen-bond donors (Lipinski definition) is 1. The summed E-state index contributed by atoms with van der Waals surface area (Å²) in [4.78, 5) is 4.17.